The molecule has 3 saturated heterocycles. The summed E-state index contributed by atoms with van der Waals surface area (Å²) in [5.41, 5.74) is 2.31. The molecule has 3 aromatic rings. The zero-order valence-corrected chi connectivity index (χ0v) is 20.2. The van der Waals surface area contributed by atoms with Gasteiger partial charge in [-0.2, -0.15) is 0 Å². The second kappa shape index (κ2) is 10.0. The molecule has 3 heteroatoms. The van der Waals surface area contributed by atoms with Crippen molar-refractivity contribution in [3.63, 3.8) is 0 Å². The minimum atomic E-state index is -0.933. The summed E-state index contributed by atoms with van der Waals surface area (Å²) < 4.78 is 7.13. The van der Waals surface area contributed by atoms with E-state index in [0.29, 0.717) is 6.61 Å². The fourth-order valence-corrected chi connectivity index (χ4v) is 6.50. The van der Waals surface area contributed by atoms with E-state index in [-0.39, 0.29) is 5.41 Å². The van der Waals surface area contributed by atoms with Crippen LogP contribution < -0.4 is 0 Å². The maximum Gasteiger partial charge on any atom is 0.121 e. The first-order chi connectivity index (χ1) is 16.7. The third kappa shape index (κ3) is 4.45. The number of unbranched alkanes of at least 4 members (excludes halogenated alkanes) is 1. The van der Waals surface area contributed by atoms with Gasteiger partial charge in [-0.15, -0.1) is 0 Å². The fraction of sp³-hybridized carbons (Fsp3) is 0.419. The molecular weight excluding hydrogens is 418 g/mol. The first-order valence-corrected chi connectivity index (χ1v) is 13.0. The van der Waals surface area contributed by atoms with E-state index in [4.69, 9.17) is 4.74 Å². The van der Waals surface area contributed by atoms with E-state index in [1.807, 2.05) is 18.2 Å². The summed E-state index contributed by atoms with van der Waals surface area (Å²) in [6.45, 7) is 6.30. The highest BCUT2D eigenvalue weighted by Gasteiger charge is 2.60. The molecule has 2 bridgehead atoms. The Morgan fingerprint density at radius 3 is 1.74 bits per heavy atom. The second-order valence-electron chi connectivity index (χ2n) is 10.5. The highest BCUT2D eigenvalue weighted by Crippen LogP contribution is 2.57. The van der Waals surface area contributed by atoms with Crippen LogP contribution in [0.4, 0.5) is 0 Å². The average molecular weight is 457 g/mol. The third-order valence-electron chi connectivity index (χ3n) is 8.63. The van der Waals surface area contributed by atoms with Gasteiger partial charge >= 0.3 is 0 Å². The number of piperidine rings is 3. The van der Waals surface area contributed by atoms with Gasteiger partial charge in [0.05, 0.1) is 32.8 Å². The summed E-state index contributed by atoms with van der Waals surface area (Å²) in [5.74, 6) is 0. The van der Waals surface area contributed by atoms with Crippen molar-refractivity contribution in [2.75, 3.05) is 32.8 Å². The third-order valence-corrected chi connectivity index (χ3v) is 8.63. The lowest BCUT2D eigenvalue weighted by molar-refractivity contribution is -0.946. The van der Waals surface area contributed by atoms with Gasteiger partial charge in [-0.05, 0) is 29.5 Å². The van der Waals surface area contributed by atoms with E-state index in [9.17, 15) is 5.11 Å². The maximum atomic E-state index is 12.5. The van der Waals surface area contributed by atoms with Gasteiger partial charge in [-0.25, -0.2) is 0 Å². The standard InChI is InChI=1S/C31H38NO2/c33-31(28-14-6-2-7-15-28,29-16-8-3-9-17-29)30-18-22-32(23-19-30,24-20-30)21-10-11-25-34-26-27-12-4-1-5-13-27/h1-9,12-17,33H,10-11,18-26H2/q+1. The highest BCUT2D eigenvalue weighted by atomic mass is 16.5. The molecule has 34 heavy (non-hydrogen) atoms. The number of aliphatic hydroxyl groups is 1. The van der Waals surface area contributed by atoms with E-state index in [2.05, 4.69) is 72.8 Å². The first kappa shape index (κ1) is 23.3. The lowest BCUT2D eigenvalue weighted by Crippen LogP contribution is -2.66. The molecule has 0 spiro atoms. The topological polar surface area (TPSA) is 29.5 Å². The number of hydrogen-bond donors (Lipinski definition) is 1. The molecule has 0 amide bonds. The Hall–Kier alpha value is -2.46. The van der Waals surface area contributed by atoms with Crippen LogP contribution in [0.3, 0.4) is 0 Å². The number of fused-ring (bicyclic) bond motifs is 3. The predicted molar refractivity (Wildman–Crippen MR) is 137 cm³/mol. The van der Waals surface area contributed by atoms with Crippen molar-refractivity contribution in [1.29, 1.82) is 0 Å². The van der Waals surface area contributed by atoms with Gasteiger partial charge in [0.2, 0.25) is 0 Å². The Kier molecular flexibility index (Phi) is 6.87. The molecule has 3 nitrogen and oxygen atoms in total. The van der Waals surface area contributed by atoms with E-state index in [0.717, 1.165) is 43.4 Å². The molecule has 3 aliphatic rings. The van der Waals surface area contributed by atoms with Crippen LogP contribution in [0.5, 0.6) is 0 Å². The van der Waals surface area contributed by atoms with Gasteiger partial charge in [0.15, 0.2) is 0 Å². The van der Waals surface area contributed by atoms with Gasteiger partial charge in [0.25, 0.3) is 0 Å². The van der Waals surface area contributed by atoms with Crippen molar-refractivity contribution < 1.29 is 14.3 Å². The van der Waals surface area contributed by atoms with E-state index in [1.54, 1.807) is 0 Å². The molecule has 0 aromatic heterocycles. The van der Waals surface area contributed by atoms with Crippen molar-refractivity contribution >= 4 is 0 Å². The summed E-state index contributed by atoms with van der Waals surface area (Å²) in [6, 6.07) is 31.2. The highest BCUT2D eigenvalue weighted by molar-refractivity contribution is 5.39. The van der Waals surface area contributed by atoms with Gasteiger partial charge in [0.1, 0.15) is 5.60 Å². The number of ether oxygens (including phenoxy) is 1. The van der Waals surface area contributed by atoms with Gasteiger partial charge in [-0.1, -0.05) is 91.0 Å². The zero-order chi connectivity index (χ0) is 23.3. The molecule has 3 aliphatic heterocycles. The SMILES string of the molecule is OC(c1ccccc1)(c1ccccc1)C12CC[N+](CCCCOCc3ccccc3)(CC1)CC2. The molecule has 0 unspecified atom stereocenters. The smallest absolute Gasteiger partial charge is 0.121 e. The molecule has 6 rings (SSSR count). The normalized spacial score (nSPS) is 24.3. The first-order valence-electron chi connectivity index (χ1n) is 13.0. The van der Waals surface area contributed by atoms with E-state index >= 15 is 0 Å². The minimum absolute atomic E-state index is 0.0888. The average Bonchev–Trinajstić information content (AvgIpc) is 2.93. The molecule has 0 radical (unpaired) electrons. The van der Waals surface area contributed by atoms with Crippen LogP contribution >= 0.6 is 0 Å². The van der Waals surface area contributed by atoms with Crippen LogP contribution in [-0.4, -0.2) is 42.4 Å². The lowest BCUT2D eigenvalue weighted by Gasteiger charge is -2.60. The van der Waals surface area contributed by atoms with Gasteiger partial charge in [0, 0.05) is 31.3 Å². The van der Waals surface area contributed by atoms with Crippen molar-refractivity contribution in [3.8, 4) is 0 Å². The Morgan fingerprint density at radius 1 is 0.706 bits per heavy atom. The number of hydrogen-bond acceptors (Lipinski definition) is 2. The van der Waals surface area contributed by atoms with Gasteiger partial charge < -0.3 is 14.3 Å². The Bertz CT molecular complexity index is 971. The quantitative estimate of drug-likeness (QED) is 0.303. The van der Waals surface area contributed by atoms with Crippen LogP contribution in [0.25, 0.3) is 0 Å². The summed E-state index contributed by atoms with van der Waals surface area (Å²) in [7, 11) is 0. The molecule has 1 N–H and O–H groups in total. The van der Waals surface area contributed by atoms with Crippen molar-refractivity contribution in [1.82, 2.24) is 0 Å². The van der Waals surface area contributed by atoms with Crippen LogP contribution in [0.1, 0.15) is 48.8 Å². The van der Waals surface area contributed by atoms with Crippen molar-refractivity contribution in [2.24, 2.45) is 5.41 Å². The molecular formula is C31H38NO2+. The number of quaternary nitrogens is 1. The molecule has 3 aromatic carbocycles. The minimum Gasteiger partial charge on any atom is -0.380 e. The second-order valence-corrected chi connectivity index (χ2v) is 10.5. The fourth-order valence-electron chi connectivity index (χ4n) is 6.50. The van der Waals surface area contributed by atoms with Crippen LogP contribution in [-0.2, 0) is 16.9 Å². The Balaban J connectivity index is 1.21. The number of benzene rings is 3. The lowest BCUT2D eigenvalue weighted by atomic mass is 9.56. The number of nitrogens with zero attached hydrogens (tertiary/aromatic N) is 1. The van der Waals surface area contributed by atoms with Crippen molar-refractivity contribution in [3.05, 3.63) is 108 Å². The Morgan fingerprint density at radius 2 is 1.21 bits per heavy atom. The van der Waals surface area contributed by atoms with Crippen LogP contribution in [0.15, 0.2) is 91.0 Å². The maximum absolute atomic E-state index is 12.5. The van der Waals surface area contributed by atoms with E-state index < -0.39 is 5.60 Å². The predicted octanol–water partition coefficient (Wildman–Crippen LogP) is 5.92. The summed E-state index contributed by atoms with van der Waals surface area (Å²) in [5, 5.41) is 12.5. The van der Waals surface area contributed by atoms with Crippen LogP contribution in [0, 0.1) is 5.41 Å². The number of rotatable bonds is 10. The molecule has 0 aliphatic carbocycles. The van der Waals surface area contributed by atoms with E-state index in [1.165, 1.54) is 42.6 Å². The molecule has 0 atom stereocenters. The molecule has 0 saturated carbocycles. The summed E-state index contributed by atoms with van der Waals surface area (Å²) in [6.07, 6.45) is 5.58. The molecule has 178 valence electrons. The molecule has 3 fully saturated rings. The zero-order valence-electron chi connectivity index (χ0n) is 20.2. The summed E-state index contributed by atoms with van der Waals surface area (Å²) >= 11 is 0. The largest absolute Gasteiger partial charge is 0.380 e. The monoisotopic (exact) mass is 456 g/mol. The van der Waals surface area contributed by atoms with Crippen LogP contribution in [0.2, 0.25) is 0 Å². The Labute approximate surface area is 204 Å². The van der Waals surface area contributed by atoms with Crippen molar-refractivity contribution in [2.45, 2.75) is 44.3 Å². The summed E-state index contributed by atoms with van der Waals surface area (Å²) in [4.78, 5) is 0. The molecule has 3 heterocycles. The van der Waals surface area contributed by atoms with Gasteiger partial charge in [-0.3, -0.25) is 0 Å².